The lowest BCUT2D eigenvalue weighted by Gasteiger charge is -2.09. The van der Waals surface area contributed by atoms with Crippen molar-refractivity contribution in [3.63, 3.8) is 0 Å². The van der Waals surface area contributed by atoms with Gasteiger partial charge in [-0.1, -0.05) is 0 Å². The van der Waals surface area contributed by atoms with Gasteiger partial charge in [0.25, 0.3) is 0 Å². The second-order valence-electron chi connectivity index (χ2n) is 4.53. The van der Waals surface area contributed by atoms with Gasteiger partial charge in [-0.25, -0.2) is 0 Å². The molecule has 0 radical (unpaired) electrons. The molecule has 0 aromatic carbocycles. The molecule has 2 heteroatoms. The van der Waals surface area contributed by atoms with Gasteiger partial charge in [-0.15, -0.1) is 11.8 Å². The number of hydrogen-bond acceptors (Lipinski definition) is 2. The molecule has 1 fully saturated rings. The lowest BCUT2D eigenvalue weighted by molar-refractivity contribution is -0.125. The second-order valence-corrected chi connectivity index (χ2v) is 4.53. The highest BCUT2D eigenvalue weighted by Crippen LogP contribution is 2.52. The standard InChI is InChI=1S/C12H19NO/c1-13(2)14-9-12-10-7-5-3-4-6-8-11(10)12/h10-12H,5-9H2,1-2H3. The van der Waals surface area contributed by atoms with Crippen LogP contribution in [0.15, 0.2) is 0 Å². The predicted octanol–water partition coefficient (Wildman–Crippen LogP) is 1.92. The topological polar surface area (TPSA) is 12.5 Å². The molecule has 0 heterocycles. The van der Waals surface area contributed by atoms with Crippen LogP contribution in [-0.4, -0.2) is 25.8 Å². The highest BCUT2D eigenvalue weighted by Gasteiger charge is 2.48. The first kappa shape index (κ1) is 10.0. The smallest absolute Gasteiger partial charge is 0.0718 e. The summed E-state index contributed by atoms with van der Waals surface area (Å²) in [6, 6.07) is 0. The molecule has 0 aromatic heterocycles. The highest BCUT2D eigenvalue weighted by atomic mass is 16.7. The Morgan fingerprint density at radius 3 is 2.21 bits per heavy atom. The molecule has 2 rings (SSSR count). The summed E-state index contributed by atoms with van der Waals surface area (Å²) >= 11 is 0. The number of fused-ring (bicyclic) bond motifs is 1. The summed E-state index contributed by atoms with van der Waals surface area (Å²) in [5.41, 5.74) is 0. The van der Waals surface area contributed by atoms with Crippen LogP contribution >= 0.6 is 0 Å². The Labute approximate surface area is 86.6 Å². The van der Waals surface area contributed by atoms with Gasteiger partial charge in [0, 0.05) is 26.9 Å². The lowest BCUT2D eigenvalue weighted by Crippen LogP contribution is -2.15. The first-order valence-electron chi connectivity index (χ1n) is 5.55. The van der Waals surface area contributed by atoms with Crippen LogP contribution in [0.2, 0.25) is 0 Å². The fourth-order valence-electron chi connectivity index (χ4n) is 2.52. The maximum atomic E-state index is 5.53. The van der Waals surface area contributed by atoms with Crippen LogP contribution in [0, 0.1) is 29.6 Å². The van der Waals surface area contributed by atoms with Gasteiger partial charge in [-0.3, -0.25) is 4.84 Å². The predicted molar refractivity (Wildman–Crippen MR) is 56.4 cm³/mol. The largest absolute Gasteiger partial charge is 0.299 e. The van der Waals surface area contributed by atoms with Crippen LogP contribution in [0.5, 0.6) is 0 Å². The normalized spacial score (nSPS) is 35.2. The molecular formula is C12H19NO. The van der Waals surface area contributed by atoms with Crippen LogP contribution in [0.1, 0.15) is 25.7 Å². The molecule has 2 aliphatic rings. The summed E-state index contributed by atoms with van der Waals surface area (Å²) in [7, 11) is 3.90. The summed E-state index contributed by atoms with van der Waals surface area (Å²) in [5, 5.41) is 1.81. The van der Waals surface area contributed by atoms with Crippen LogP contribution in [0.25, 0.3) is 0 Å². The minimum atomic E-state index is 0.805. The van der Waals surface area contributed by atoms with E-state index in [1.54, 1.807) is 0 Å². The van der Waals surface area contributed by atoms with Gasteiger partial charge in [0.1, 0.15) is 0 Å². The Balaban J connectivity index is 1.77. The zero-order valence-corrected chi connectivity index (χ0v) is 9.12. The van der Waals surface area contributed by atoms with E-state index in [4.69, 9.17) is 4.84 Å². The highest BCUT2D eigenvalue weighted by molar-refractivity contribution is 5.07. The third-order valence-corrected chi connectivity index (χ3v) is 3.36. The second kappa shape index (κ2) is 4.33. The fraction of sp³-hybridized carbons (Fsp3) is 0.833. The van der Waals surface area contributed by atoms with E-state index < -0.39 is 0 Å². The number of rotatable bonds is 3. The zero-order valence-electron chi connectivity index (χ0n) is 9.12. The van der Waals surface area contributed by atoms with Crippen molar-refractivity contribution in [1.29, 1.82) is 0 Å². The summed E-state index contributed by atoms with van der Waals surface area (Å²) in [5.74, 6) is 9.08. The molecule has 1 saturated carbocycles. The zero-order chi connectivity index (χ0) is 9.97. The number of hydrogen-bond donors (Lipinski definition) is 0. The summed E-state index contributed by atoms with van der Waals surface area (Å²) < 4.78 is 0. The molecule has 0 saturated heterocycles. The minimum Gasteiger partial charge on any atom is -0.299 e. The summed E-state index contributed by atoms with van der Waals surface area (Å²) in [6.45, 7) is 0.905. The molecule has 2 nitrogen and oxygen atoms in total. The molecule has 0 bridgehead atoms. The third kappa shape index (κ3) is 2.29. The SMILES string of the molecule is CN(C)OCC1C2CCC#CCCC21. The molecule has 2 atom stereocenters. The number of hydroxylamine groups is 2. The Morgan fingerprint density at radius 1 is 1.14 bits per heavy atom. The monoisotopic (exact) mass is 193 g/mol. The van der Waals surface area contributed by atoms with Gasteiger partial charge in [-0.2, -0.15) is 5.06 Å². The van der Waals surface area contributed by atoms with Crippen molar-refractivity contribution in [3.8, 4) is 11.8 Å². The number of nitrogens with zero attached hydrogens (tertiary/aromatic N) is 1. The van der Waals surface area contributed by atoms with E-state index in [0.29, 0.717) is 0 Å². The molecule has 0 amide bonds. The van der Waals surface area contributed by atoms with Crippen molar-refractivity contribution in [1.82, 2.24) is 5.06 Å². The summed E-state index contributed by atoms with van der Waals surface area (Å²) in [4.78, 5) is 5.53. The van der Waals surface area contributed by atoms with Gasteiger partial charge in [0.2, 0.25) is 0 Å². The Bertz CT molecular complexity index is 233. The average molecular weight is 193 g/mol. The van der Waals surface area contributed by atoms with E-state index in [1.807, 2.05) is 19.2 Å². The van der Waals surface area contributed by atoms with Crippen LogP contribution < -0.4 is 0 Å². The van der Waals surface area contributed by atoms with Crippen LogP contribution in [-0.2, 0) is 4.84 Å². The first-order valence-corrected chi connectivity index (χ1v) is 5.55. The average Bonchev–Trinajstić information content (AvgIpc) is 2.72. The first-order chi connectivity index (χ1) is 6.79. The van der Waals surface area contributed by atoms with E-state index in [2.05, 4.69) is 11.8 Å². The molecule has 2 unspecified atom stereocenters. The van der Waals surface area contributed by atoms with E-state index >= 15 is 0 Å². The van der Waals surface area contributed by atoms with Crippen molar-refractivity contribution in [2.75, 3.05) is 20.7 Å². The Morgan fingerprint density at radius 2 is 1.71 bits per heavy atom. The van der Waals surface area contributed by atoms with E-state index in [-0.39, 0.29) is 0 Å². The summed E-state index contributed by atoms with van der Waals surface area (Å²) in [6.07, 6.45) is 4.78. The van der Waals surface area contributed by atoms with Gasteiger partial charge in [0.05, 0.1) is 6.61 Å². The van der Waals surface area contributed by atoms with Crippen LogP contribution in [0.4, 0.5) is 0 Å². The van der Waals surface area contributed by atoms with Crippen molar-refractivity contribution < 1.29 is 4.84 Å². The quantitative estimate of drug-likeness (QED) is 0.501. The maximum absolute atomic E-state index is 5.53. The Kier molecular flexibility index (Phi) is 3.10. The molecule has 78 valence electrons. The lowest BCUT2D eigenvalue weighted by atomic mass is 10.1. The minimum absolute atomic E-state index is 0.805. The van der Waals surface area contributed by atoms with E-state index in [1.165, 1.54) is 12.8 Å². The van der Waals surface area contributed by atoms with Crippen molar-refractivity contribution >= 4 is 0 Å². The van der Waals surface area contributed by atoms with E-state index in [9.17, 15) is 0 Å². The molecule has 0 spiro atoms. The maximum Gasteiger partial charge on any atom is 0.0718 e. The molecule has 14 heavy (non-hydrogen) atoms. The fourth-order valence-corrected chi connectivity index (χ4v) is 2.52. The molecule has 0 aromatic rings. The van der Waals surface area contributed by atoms with E-state index in [0.717, 1.165) is 37.2 Å². The van der Waals surface area contributed by atoms with Gasteiger partial charge < -0.3 is 0 Å². The van der Waals surface area contributed by atoms with Crippen LogP contribution in [0.3, 0.4) is 0 Å². The van der Waals surface area contributed by atoms with Crippen molar-refractivity contribution in [2.24, 2.45) is 17.8 Å². The van der Waals surface area contributed by atoms with Gasteiger partial charge in [0.15, 0.2) is 0 Å². The molecular weight excluding hydrogens is 174 g/mol. The molecule has 0 N–H and O–H groups in total. The van der Waals surface area contributed by atoms with Crippen molar-refractivity contribution in [2.45, 2.75) is 25.7 Å². The van der Waals surface area contributed by atoms with Gasteiger partial charge in [-0.05, 0) is 30.6 Å². The molecule has 0 aliphatic heterocycles. The third-order valence-electron chi connectivity index (χ3n) is 3.36. The Hall–Kier alpha value is -0.520. The van der Waals surface area contributed by atoms with Gasteiger partial charge >= 0.3 is 0 Å². The molecule has 2 aliphatic carbocycles. The van der Waals surface area contributed by atoms with Crippen molar-refractivity contribution in [3.05, 3.63) is 0 Å².